The predicted molar refractivity (Wildman–Crippen MR) is 104 cm³/mol. The maximum atomic E-state index is 5.98. The number of hydrogen-bond acceptors (Lipinski definition) is 2. The summed E-state index contributed by atoms with van der Waals surface area (Å²) in [5.41, 5.74) is 3.68. The van der Waals surface area contributed by atoms with Gasteiger partial charge in [0.05, 0.1) is 0 Å². The third-order valence-electron chi connectivity index (χ3n) is 3.98. The Hall–Kier alpha value is -2.29. The lowest BCUT2D eigenvalue weighted by Crippen LogP contribution is -2.16. The highest BCUT2D eigenvalue weighted by molar-refractivity contribution is 6.30. The van der Waals surface area contributed by atoms with Crippen molar-refractivity contribution in [2.24, 2.45) is 0 Å². The van der Waals surface area contributed by atoms with E-state index in [1.807, 2.05) is 42.5 Å². The molecule has 0 atom stereocenters. The zero-order valence-electron chi connectivity index (χ0n) is 14.1. The molecule has 0 aliphatic heterocycles. The van der Waals surface area contributed by atoms with Crippen molar-refractivity contribution in [2.45, 2.75) is 19.6 Å². The fourth-order valence-corrected chi connectivity index (χ4v) is 2.82. The molecular weight excluding hydrogens is 330 g/mol. The summed E-state index contributed by atoms with van der Waals surface area (Å²) in [6.45, 7) is 2.35. The molecule has 0 spiro atoms. The van der Waals surface area contributed by atoms with Gasteiger partial charge in [0.25, 0.3) is 0 Å². The van der Waals surface area contributed by atoms with Gasteiger partial charge < -0.3 is 10.1 Å². The van der Waals surface area contributed by atoms with Crippen LogP contribution in [0, 0.1) is 0 Å². The second-order valence-corrected chi connectivity index (χ2v) is 6.41. The molecule has 25 heavy (non-hydrogen) atoms. The maximum absolute atomic E-state index is 5.98. The molecule has 0 radical (unpaired) electrons. The van der Waals surface area contributed by atoms with Crippen molar-refractivity contribution < 1.29 is 4.74 Å². The molecule has 3 heteroatoms. The third kappa shape index (κ3) is 5.93. The fourth-order valence-electron chi connectivity index (χ4n) is 2.61. The summed E-state index contributed by atoms with van der Waals surface area (Å²) in [7, 11) is 0. The van der Waals surface area contributed by atoms with Crippen LogP contribution in [0.4, 0.5) is 0 Å². The highest BCUT2D eigenvalue weighted by Gasteiger charge is 1.99. The Balaban J connectivity index is 1.41. The Kier molecular flexibility index (Phi) is 6.49. The molecule has 0 aliphatic rings. The number of hydrogen-bond donors (Lipinski definition) is 1. The van der Waals surface area contributed by atoms with Crippen molar-refractivity contribution >= 4 is 11.6 Å². The lowest BCUT2D eigenvalue weighted by Gasteiger charge is -2.09. The van der Waals surface area contributed by atoms with Gasteiger partial charge in [-0.05, 0) is 53.9 Å². The van der Waals surface area contributed by atoms with Gasteiger partial charge in [0.1, 0.15) is 12.4 Å². The smallest absolute Gasteiger partial charge is 0.119 e. The lowest BCUT2D eigenvalue weighted by atomic mass is 10.1. The minimum Gasteiger partial charge on any atom is -0.489 e. The molecule has 0 aromatic heterocycles. The van der Waals surface area contributed by atoms with E-state index in [2.05, 4.69) is 41.7 Å². The van der Waals surface area contributed by atoms with Gasteiger partial charge in [0, 0.05) is 11.6 Å². The lowest BCUT2D eigenvalue weighted by molar-refractivity contribution is 0.306. The summed E-state index contributed by atoms with van der Waals surface area (Å²) in [6, 6.07) is 26.5. The first-order valence-corrected chi connectivity index (χ1v) is 8.88. The molecule has 1 N–H and O–H groups in total. The van der Waals surface area contributed by atoms with Crippen LogP contribution >= 0.6 is 11.6 Å². The first kappa shape index (κ1) is 17.5. The quantitative estimate of drug-likeness (QED) is 0.559. The summed E-state index contributed by atoms with van der Waals surface area (Å²) in [5.74, 6) is 0.869. The number of ether oxygens (including phenoxy) is 1. The molecule has 0 amide bonds. The molecule has 0 saturated carbocycles. The van der Waals surface area contributed by atoms with Crippen molar-refractivity contribution in [3.8, 4) is 5.75 Å². The number of benzene rings is 3. The van der Waals surface area contributed by atoms with Gasteiger partial charge in [-0.25, -0.2) is 0 Å². The zero-order valence-corrected chi connectivity index (χ0v) is 14.9. The van der Waals surface area contributed by atoms with Crippen LogP contribution in [-0.4, -0.2) is 6.54 Å². The largest absolute Gasteiger partial charge is 0.489 e. The monoisotopic (exact) mass is 351 g/mol. The van der Waals surface area contributed by atoms with E-state index < -0.39 is 0 Å². The summed E-state index contributed by atoms with van der Waals surface area (Å²) >= 11 is 5.98. The van der Waals surface area contributed by atoms with E-state index in [-0.39, 0.29) is 0 Å². The summed E-state index contributed by atoms with van der Waals surface area (Å²) in [5, 5.41) is 4.21. The number of rotatable bonds is 8. The molecular formula is C22H22ClNO. The first-order chi connectivity index (χ1) is 12.3. The molecule has 3 rings (SSSR count). The van der Waals surface area contributed by atoms with Crippen molar-refractivity contribution in [3.05, 3.63) is 101 Å². The molecule has 0 unspecified atom stereocenters. The van der Waals surface area contributed by atoms with Gasteiger partial charge in [-0.1, -0.05) is 66.2 Å². The van der Waals surface area contributed by atoms with Gasteiger partial charge in [-0.2, -0.15) is 0 Å². The van der Waals surface area contributed by atoms with Gasteiger partial charge in [0.2, 0.25) is 0 Å². The van der Waals surface area contributed by atoms with Gasteiger partial charge >= 0.3 is 0 Å². The molecule has 3 aromatic rings. The second kappa shape index (κ2) is 9.26. The zero-order chi connectivity index (χ0) is 17.3. The first-order valence-electron chi connectivity index (χ1n) is 8.50. The van der Waals surface area contributed by atoms with Crippen LogP contribution in [0.25, 0.3) is 0 Å². The Morgan fingerprint density at radius 1 is 0.760 bits per heavy atom. The van der Waals surface area contributed by atoms with E-state index in [1.54, 1.807) is 0 Å². The SMILES string of the molecule is Clc1cccc(COc2ccc(CNCCc3ccccc3)cc2)c1. The molecule has 0 bridgehead atoms. The van der Waals surface area contributed by atoms with E-state index in [4.69, 9.17) is 16.3 Å². The summed E-state index contributed by atoms with van der Waals surface area (Å²) < 4.78 is 5.81. The van der Waals surface area contributed by atoms with Crippen LogP contribution in [0.5, 0.6) is 5.75 Å². The van der Waals surface area contributed by atoms with Crippen molar-refractivity contribution in [1.82, 2.24) is 5.32 Å². The molecule has 128 valence electrons. The summed E-state index contributed by atoms with van der Waals surface area (Å²) in [4.78, 5) is 0. The van der Waals surface area contributed by atoms with E-state index >= 15 is 0 Å². The highest BCUT2D eigenvalue weighted by Crippen LogP contribution is 2.16. The molecule has 0 fully saturated rings. The Labute approximate surface area is 154 Å². The number of nitrogens with one attached hydrogen (secondary N) is 1. The molecule has 2 nitrogen and oxygen atoms in total. The average Bonchev–Trinajstić information content (AvgIpc) is 2.65. The Morgan fingerprint density at radius 2 is 1.52 bits per heavy atom. The molecule has 3 aromatic carbocycles. The van der Waals surface area contributed by atoms with Crippen LogP contribution in [0.3, 0.4) is 0 Å². The average molecular weight is 352 g/mol. The molecule has 0 heterocycles. The van der Waals surface area contributed by atoms with Crippen LogP contribution in [0.2, 0.25) is 5.02 Å². The van der Waals surface area contributed by atoms with Crippen LogP contribution < -0.4 is 10.1 Å². The second-order valence-electron chi connectivity index (χ2n) is 5.97. The van der Waals surface area contributed by atoms with Crippen LogP contribution in [0.15, 0.2) is 78.9 Å². The maximum Gasteiger partial charge on any atom is 0.119 e. The molecule has 0 saturated heterocycles. The number of halogens is 1. The van der Waals surface area contributed by atoms with Crippen molar-refractivity contribution in [1.29, 1.82) is 0 Å². The van der Waals surface area contributed by atoms with Gasteiger partial charge in [-0.15, -0.1) is 0 Å². The predicted octanol–water partition coefficient (Wildman–Crippen LogP) is 5.25. The normalized spacial score (nSPS) is 10.6. The minimum atomic E-state index is 0.523. The van der Waals surface area contributed by atoms with E-state index in [9.17, 15) is 0 Å². The van der Waals surface area contributed by atoms with E-state index in [0.717, 1.165) is 35.8 Å². The Morgan fingerprint density at radius 3 is 2.28 bits per heavy atom. The third-order valence-corrected chi connectivity index (χ3v) is 4.22. The van der Waals surface area contributed by atoms with Crippen LogP contribution in [-0.2, 0) is 19.6 Å². The fraction of sp³-hybridized carbons (Fsp3) is 0.182. The van der Waals surface area contributed by atoms with Crippen molar-refractivity contribution in [3.63, 3.8) is 0 Å². The van der Waals surface area contributed by atoms with Crippen molar-refractivity contribution in [2.75, 3.05) is 6.54 Å². The van der Waals surface area contributed by atoms with E-state index in [1.165, 1.54) is 11.1 Å². The summed E-state index contributed by atoms with van der Waals surface area (Å²) in [6.07, 6.45) is 1.04. The van der Waals surface area contributed by atoms with Gasteiger partial charge in [0.15, 0.2) is 0 Å². The van der Waals surface area contributed by atoms with Gasteiger partial charge in [-0.3, -0.25) is 0 Å². The highest BCUT2D eigenvalue weighted by atomic mass is 35.5. The molecule has 0 aliphatic carbocycles. The minimum absolute atomic E-state index is 0.523. The standard InChI is InChI=1S/C22H22ClNO/c23-21-8-4-7-20(15-21)17-25-22-11-9-19(10-12-22)16-24-14-13-18-5-2-1-3-6-18/h1-12,15,24H,13-14,16-17H2. The topological polar surface area (TPSA) is 21.3 Å². The van der Waals surface area contributed by atoms with E-state index in [0.29, 0.717) is 6.61 Å². The van der Waals surface area contributed by atoms with Crippen LogP contribution in [0.1, 0.15) is 16.7 Å². The Bertz CT molecular complexity index is 772.